The summed E-state index contributed by atoms with van der Waals surface area (Å²) in [6.45, 7) is 3.99. The van der Waals surface area contributed by atoms with E-state index in [1.807, 2.05) is 13.8 Å². The summed E-state index contributed by atoms with van der Waals surface area (Å²) in [6.07, 6.45) is 0. The number of anilines is 2. The summed E-state index contributed by atoms with van der Waals surface area (Å²) >= 11 is 2.59. The Balaban J connectivity index is 2.04. The summed E-state index contributed by atoms with van der Waals surface area (Å²) in [5.74, 6) is -1.49. The molecule has 0 aliphatic heterocycles. The highest BCUT2D eigenvalue weighted by Gasteiger charge is 2.15. The van der Waals surface area contributed by atoms with Gasteiger partial charge in [-0.05, 0) is 32.0 Å². The van der Waals surface area contributed by atoms with Crippen molar-refractivity contribution < 1.29 is 23.9 Å². The highest BCUT2D eigenvalue weighted by atomic mass is 32.2. The van der Waals surface area contributed by atoms with Gasteiger partial charge in [-0.25, -0.2) is 9.59 Å². The van der Waals surface area contributed by atoms with E-state index in [1.54, 1.807) is 0 Å². The first-order chi connectivity index (χ1) is 13.3. The summed E-state index contributed by atoms with van der Waals surface area (Å²) in [6, 6.07) is 4.43. The van der Waals surface area contributed by atoms with Crippen molar-refractivity contribution in [2.45, 2.75) is 24.2 Å². The lowest BCUT2D eigenvalue weighted by molar-refractivity contribution is -0.113. The lowest BCUT2D eigenvalue weighted by atomic mass is 10.1. The summed E-state index contributed by atoms with van der Waals surface area (Å²) in [4.78, 5) is 35.8. The number of hydrogen-bond donors (Lipinski definition) is 2. The molecule has 150 valence electrons. The Hall–Kier alpha value is -2.66. The maximum absolute atomic E-state index is 12.2. The molecule has 0 atom stereocenters. The van der Waals surface area contributed by atoms with Crippen molar-refractivity contribution in [2.75, 3.05) is 30.6 Å². The second kappa shape index (κ2) is 10.0. The molecule has 0 spiro atoms. The molecule has 2 rings (SSSR count). The van der Waals surface area contributed by atoms with Crippen LogP contribution in [-0.4, -0.2) is 54.1 Å². The van der Waals surface area contributed by atoms with E-state index < -0.39 is 11.9 Å². The predicted molar refractivity (Wildman–Crippen MR) is 107 cm³/mol. The quantitative estimate of drug-likeness (QED) is 0.487. The molecule has 0 fully saturated rings. The van der Waals surface area contributed by atoms with Crippen molar-refractivity contribution in [3.05, 3.63) is 29.3 Å². The number of benzene rings is 1. The number of ether oxygens (including phenoxy) is 2. The zero-order chi connectivity index (χ0) is 20.7. The number of aromatic nitrogens is 2. The number of carbonyl (C=O) groups excluding carboxylic acids is 3. The first-order valence-corrected chi connectivity index (χ1v) is 9.97. The van der Waals surface area contributed by atoms with E-state index >= 15 is 0 Å². The molecule has 1 aromatic heterocycles. The monoisotopic (exact) mass is 424 g/mol. The number of nitrogens with one attached hydrogen (secondary N) is 2. The molecule has 2 aromatic rings. The van der Waals surface area contributed by atoms with E-state index in [4.69, 9.17) is 0 Å². The van der Waals surface area contributed by atoms with Crippen LogP contribution < -0.4 is 10.6 Å². The van der Waals surface area contributed by atoms with Crippen molar-refractivity contribution in [3.8, 4) is 0 Å². The molecule has 1 aromatic carbocycles. The van der Waals surface area contributed by atoms with Gasteiger partial charge in [-0.15, -0.1) is 10.2 Å². The average molecular weight is 425 g/mol. The van der Waals surface area contributed by atoms with Crippen molar-refractivity contribution in [1.29, 1.82) is 0 Å². The summed E-state index contributed by atoms with van der Waals surface area (Å²) < 4.78 is 9.99. The van der Waals surface area contributed by atoms with Crippen LogP contribution in [0.2, 0.25) is 0 Å². The number of nitrogens with zero attached hydrogens (tertiary/aromatic N) is 2. The molecular weight excluding hydrogens is 404 g/mol. The SMILES string of the molecule is COC(=O)c1cc(NC(=O)CSc2nnc(NC(C)C)s2)cc(C(=O)OC)c1. The van der Waals surface area contributed by atoms with Crippen molar-refractivity contribution in [2.24, 2.45) is 0 Å². The Kier molecular flexibility index (Phi) is 7.76. The summed E-state index contributed by atoms with van der Waals surface area (Å²) in [5.41, 5.74) is 0.539. The predicted octanol–water partition coefficient (Wildman–Crippen LogP) is 2.66. The average Bonchev–Trinajstić information content (AvgIpc) is 3.11. The van der Waals surface area contributed by atoms with E-state index in [2.05, 4.69) is 30.3 Å². The maximum Gasteiger partial charge on any atom is 0.337 e. The van der Waals surface area contributed by atoms with Gasteiger partial charge in [0.1, 0.15) is 0 Å². The standard InChI is InChI=1S/C17H20N4O5S2/c1-9(2)18-16-20-21-17(28-16)27-8-13(22)19-12-6-10(14(23)25-3)5-11(7-12)15(24)26-4/h5-7,9H,8H2,1-4H3,(H,18,20)(H,19,22). The van der Waals surface area contributed by atoms with Gasteiger partial charge in [0.2, 0.25) is 11.0 Å². The van der Waals surface area contributed by atoms with Gasteiger partial charge < -0.3 is 20.1 Å². The smallest absolute Gasteiger partial charge is 0.337 e. The van der Waals surface area contributed by atoms with Crippen LogP contribution in [0.1, 0.15) is 34.6 Å². The molecule has 0 bridgehead atoms. The fourth-order valence-electron chi connectivity index (χ4n) is 2.07. The molecule has 11 heteroatoms. The van der Waals surface area contributed by atoms with Crippen LogP contribution in [0.3, 0.4) is 0 Å². The summed E-state index contributed by atoms with van der Waals surface area (Å²) in [5, 5.41) is 14.5. The molecular formula is C17H20N4O5S2. The van der Waals surface area contributed by atoms with E-state index in [-0.39, 0.29) is 34.5 Å². The minimum absolute atomic E-state index is 0.0896. The van der Waals surface area contributed by atoms with Gasteiger partial charge in [0.15, 0.2) is 4.34 Å². The third-order valence-corrected chi connectivity index (χ3v) is 5.19. The Morgan fingerprint density at radius 1 is 1.07 bits per heavy atom. The largest absolute Gasteiger partial charge is 0.465 e. The van der Waals surface area contributed by atoms with Crippen molar-refractivity contribution in [1.82, 2.24) is 10.2 Å². The second-order valence-corrected chi connectivity index (χ2v) is 7.99. The van der Waals surface area contributed by atoms with Crippen molar-refractivity contribution >= 4 is 51.8 Å². The zero-order valence-corrected chi connectivity index (χ0v) is 17.4. The van der Waals surface area contributed by atoms with Crippen LogP contribution in [0, 0.1) is 0 Å². The van der Waals surface area contributed by atoms with Crippen LogP contribution >= 0.6 is 23.1 Å². The minimum Gasteiger partial charge on any atom is -0.465 e. The fourth-order valence-corrected chi connectivity index (χ4v) is 3.77. The van der Waals surface area contributed by atoms with Gasteiger partial charge >= 0.3 is 11.9 Å². The van der Waals surface area contributed by atoms with Crippen LogP contribution in [0.25, 0.3) is 0 Å². The van der Waals surface area contributed by atoms with Gasteiger partial charge in [-0.3, -0.25) is 4.79 Å². The third-order valence-electron chi connectivity index (χ3n) is 3.20. The van der Waals surface area contributed by atoms with E-state index in [0.717, 1.165) is 0 Å². The van der Waals surface area contributed by atoms with Crippen LogP contribution in [-0.2, 0) is 14.3 Å². The van der Waals surface area contributed by atoms with Crippen molar-refractivity contribution in [3.63, 3.8) is 0 Å². The highest BCUT2D eigenvalue weighted by molar-refractivity contribution is 8.01. The Morgan fingerprint density at radius 2 is 1.68 bits per heavy atom. The fraction of sp³-hybridized carbons (Fsp3) is 0.353. The molecule has 2 N–H and O–H groups in total. The summed E-state index contributed by atoms with van der Waals surface area (Å²) in [7, 11) is 2.46. The van der Waals surface area contributed by atoms with Gasteiger partial charge in [0, 0.05) is 11.7 Å². The van der Waals surface area contributed by atoms with Gasteiger partial charge in [0.05, 0.1) is 31.1 Å². The first-order valence-electron chi connectivity index (χ1n) is 8.16. The maximum atomic E-state index is 12.2. The minimum atomic E-state index is -0.630. The molecule has 0 saturated carbocycles. The molecule has 0 radical (unpaired) electrons. The lowest BCUT2D eigenvalue weighted by Gasteiger charge is -2.09. The molecule has 1 heterocycles. The third kappa shape index (κ3) is 6.20. The number of carbonyl (C=O) groups is 3. The van der Waals surface area contributed by atoms with Crippen LogP contribution in [0.15, 0.2) is 22.5 Å². The number of hydrogen-bond acceptors (Lipinski definition) is 10. The molecule has 9 nitrogen and oxygen atoms in total. The molecule has 0 aliphatic rings. The van der Waals surface area contributed by atoms with Crippen LogP contribution in [0.4, 0.5) is 10.8 Å². The van der Waals surface area contributed by atoms with E-state index in [0.29, 0.717) is 9.47 Å². The van der Waals surface area contributed by atoms with E-state index in [9.17, 15) is 14.4 Å². The molecule has 28 heavy (non-hydrogen) atoms. The Labute approximate surface area is 170 Å². The number of amides is 1. The number of esters is 2. The van der Waals surface area contributed by atoms with E-state index in [1.165, 1.54) is 55.5 Å². The topological polar surface area (TPSA) is 120 Å². The Morgan fingerprint density at radius 3 is 2.21 bits per heavy atom. The first kappa shape index (κ1) is 21.6. The normalized spacial score (nSPS) is 10.5. The molecule has 0 unspecified atom stereocenters. The van der Waals surface area contributed by atoms with Gasteiger partial charge in [-0.1, -0.05) is 23.1 Å². The molecule has 1 amide bonds. The highest BCUT2D eigenvalue weighted by Crippen LogP contribution is 2.26. The number of thioether (sulfide) groups is 1. The Bertz CT molecular complexity index is 835. The number of rotatable bonds is 8. The van der Waals surface area contributed by atoms with Crippen LogP contribution in [0.5, 0.6) is 0 Å². The molecule has 0 aliphatic carbocycles. The van der Waals surface area contributed by atoms with Gasteiger partial charge in [-0.2, -0.15) is 0 Å². The molecule has 0 saturated heterocycles. The van der Waals surface area contributed by atoms with Gasteiger partial charge in [0.25, 0.3) is 0 Å². The second-order valence-electron chi connectivity index (χ2n) is 5.79. The lowest BCUT2D eigenvalue weighted by Crippen LogP contribution is -2.16. The number of methoxy groups -OCH3 is 2. The zero-order valence-electron chi connectivity index (χ0n) is 15.8.